The third-order valence-electron chi connectivity index (χ3n) is 6.35. The molecule has 5 atom stereocenters. The van der Waals surface area contributed by atoms with Crippen molar-refractivity contribution in [3.05, 3.63) is 56.3 Å². The number of fused-ring (bicyclic) bond motifs is 1. The maximum absolute atomic E-state index is 13.7. The number of carbonyl (C=O) groups is 5. The van der Waals surface area contributed by atoms with E-state index in [9.17, 15) is 24.0 Å². The lowest BCUT2D eigenvalue weighted by atomic mass is 9.97. The number of benzene rings is 1. The van der Waals surface area contributed by atoms with E-state index in [1.807, 2.05) is 13.0 Å². The van der Waals surface area contributed by atoms with Gasteiger partial charge >= 0.3 is 23.9 Å². The second kappa shape index (κ2) is 12.5. The minimum absolute atomic E-state index is 0.232. The Morgan fingerprint density at radius 2 is 1.51 bits per heavy atom. The van der Waals surface area contributed by atoms with Gasteiger partial charge in [0.25, 0.3) is 0 Å². The van der Waals surface area contributed by atoms with Gasteiger partial charge in [0.2, 0.25) is 5.78 Å². The summed E-state index contributed by atoms with van der Waals surface area (Å²) in [5.41, 5.74) is 1.76. The number of nitrogens with zero attached hydrogens (tertiary/aromatic N) is 1. The van der Waals surface area contributed by atoms with E-state index in [0.29, 0.717) is 21.3 Å². The molecule has 218 valence electrons. The van der Waals surface area contributed by atoms with Crippen molar-refractivity contribution in [2.75, 3.05) is 6.61 Å². The van der Waals surface area contributed by atoms with E-state index in [1.54, 1.807) is 35.0 Å². The molecule has 0 amide bonds. The molecule has 0 saturated carbocycles. The van der Waals surface area contributed by atoms with Crippen LogP contribution in [0, 0.1) is 6.92 Å². The monoisotopic (exact) mass is 649 g/mol. The summed E-state index contributed by atoms with van der Waals surface area (Å²) >= 11 is 4.68. The molecule has 0 unspecified atom stereocenters. The number of thiophene rings is 1. The Balaban J connectivity index is 1.91. The highest BCUT2D eigenvalue weighted by atomic mass is 79.9. The van der Waals surface area contributed by atoms with Crippen LogP contribution in [0.4, 0.5) is 0 Å². The van der Waals surface area contributed by atoms with Crippen LogP contribution in [0.3, 0.4) is 0 Å². The Labute approximate surface area is 247 Å². The van der Waals surface area contributed by atoms with Gasteiger partial charge in [-0.15, -0.1) is 11.3 Å². The summed E-state index contributed by atoms with van der Waals surface area (Å²) in [5.74, 6) is -3.02. The second-order valence-electron chi connectivity index (χ2n) is 9.44. The van der Waals surface area contributed by atoms with Gasteiger partial charge in [-0.25, -0.2) is 0 Å². The first-order valence-electron chi connectivity index (χ1n) is 12.6. The molecule has 13 heteroatoms. The molecule has 0 radical (unpaired) electrons. The van der Waals surface area contributed by atoms with Crippen LogP contribution in [0.2, 0.25) is 0 Å². The van der Waals surface area contributed by atoms with E-state index in [0.717, 1.165) is 23.2 Å². The predicted octanol–water partition coefficient (Wildman–Crippen LogP) is 4.26. The van der Waals surface area contributed by atoms with Crippen LogP contribution in [0.15, 0.2) is 40.3 Å². The van der Waals surface area contributed by atoms with E-state index in [-0.39, 0.29) is 12.4 Å². The fourth-order valence-corrected chi connectivity index (χ4v) is 6.21. The number of hydrogen-bond acceptors (Lipinski definition) is 11. The average molecular weight is 651 g/mol. The van der Waals surface area contributed by atoms with E-state index >= 15 is 0 Å². The number of hydrogen-bond donors (Lipinski definition) is 0. The number of aryl methyl sites for hydroxylation is 1. The van der Waals surface area contributed by atoms with Gasteiger partial charge in [-0.3, -0.25) is 24.0 Å². The Kier molecular flexibility index (Phi) is 9.30. The topological polar surface area (TPSA) is 136 Å². The van der Waals surface area contributed by atoms with E-state index < -0.39 is 54.5 Å². The highest BCUT2D eigenvalue weighted by Gasteiger charge is 2.53. The van der Waals surface area contributed by atoms with Gasteiger partial charge in [0, 0.05) is 44.8 Å². The Hall–Kier alpha value is -3.55. The van der Waals surface area contributed by atoms with Crippen LogP contribution in [0.5, 0.6) is 0 Å². The fourth-order valence-electron chi connectivity index (χ4n) is 4.87. The standard InChI is InChI=1S/C28H28BrNO10S/c1-13-7-6-8-19-23(13)18(24(35)21-9-10-22(29)41-21)11-30(19)28-27(39-17(5)34)26(38-16(4)33)25(37-15(3)32)20(40-28)12-36-14(2)31/h6-11,20,25-28H,12H2,1-5H3/t20-,25-,26+,27-,28-/m1/s1. The van der Waals surface area contributed by atoms with E-state index in [2.05, 4.69) is 15.9 Å². The molecule has 0 spiro atoms. The van der Waals surface area contributed by atoms with Gasteiger partial charge in [0.1, 0.15) is 12.7 Å². The molecule has 0 aliphatic carbocycles. The van der Waals surface area contributed by atoms with Crippen molar-refractivity contribution in [1.29, 1.82) is 0 Å². The summed E-state index contributed by atoms with van der Waals surface area (Å²) in [4.78, 5) is 62.4. The van der Waals surface area contributed by atoms with Crippen molar-refractivity contribution >= 4 is 67.8 Å². The van der Waals surface area contributed by atoms with Crippen molar-refractivity contribution in [2.45, 2.75) is 65.3 Å². The number of aromatic nitrogens is 1. The van der Waals surface area contributed by atoms with Gasteiger partial charge in [-0.1, -0.05) is 12.1 Å². The minimum atomic E-state index is -1.34. The Morgan fingerprint density at radius 1 is 0.878 bits per heavy atom. The average Bonchev–Trinajstić information content (AvgIpc) is 3.49. The number of carbonyl (C=O) groups excluding carboxylic acids is 5. The van der Waals surface area contributed by atoms with Crippen molar-refractivity contribution in [3.8, 4) is 0 Å². The van der Waals surface area contributed by atoms with E-state index in [1.165, 1.54) is 25.2 Å². The first kappa shape index (κ1) is 30.4. The van der Waals surface area contributed by atoms with Gasteiger partial charge in [0.15, 0.2) is 24.5 Å². The zero-order chi connectivity index (χ0) is 30.0. The minimum Gasteiger partial charge on any atom is -0.463 e. The maximum Gasteiger partial charge on any atom is 0.303 e. The third kappa shape index (κ3) is 6.68. The lowest BCUT2D eigenvalue weighted by molar-refractivity contribution is -0.267. The van der Waals surface area contributed by atoms with Gasteiger partial charge in [0.05, 0.1) is 14.2 Å². The first-order valence-corrected chi connectivity index (χ1v) is 14.2. The number of ketones is 1. The Morgan fingerprint density at radius 3 is 2.10 bits per heavy atom. The highest BCUT2D eigenvalue weighted by molar-refractivity contribution is 9.11. The second-order valence-corrected chi connectivity index (χ2v) is 11.9. The van der Waals surface area contributed by atoms with Crippen molar-refractivity contribution in [2.24, 2.45) is 0 Å². The number of halogens is 1. The molecule has 2 aromatic heterocycles. The van der Waals surface area contributed by atoms with Crippen LogP contribution in [0.1, 0.15) is 54.7 Å². The smallest absolute Gasteiger partial charge is 0.303 e. The largest absolute Gasteiger partial charge is 0.463 e. The Bertz CT molecular complexity index is 1510. The maximum atomic E-state index is 13.7. The first-order chi connectivity index (χ1) is 19.4. The summed E-state index contributed by atoms with van der Waals surface area (Å²) in [6.07, 6.45) is -4.66. The molecule has 1 aromatic carbocycles. The van der Waals surface area contributed by atoms with Crippen LogP contribution >= 0.6 is 27.3 Å². The zero-order valence-electron chi connectivity index (χ0n) is 22.9. The molecule has 1 saturated heterocycles. The molecule has 1 aliphatic rings. The number of rotatable bonds is 8. The summed E-state index contributed by atoms with van der Waals surface area (Å²) in [7, 11) is 0. The molecule has 3 heterocycles. The lowest BCUT2D eigenvalue weighted by Crippen LogP contribution is -2.60. The van der Waals surface area contributed by atoms with Gasteiger partial charge < -0.3 is 28.3 Å². The predicted molar refractivity (Wildman–Crippen MR) is 149 cm³/mol. The molecule has 3 aromatic rings. The van der Waals surface area contributed by atoms with Crippen molar-refractivity contribution < 1.29 is 47.7 Å². The molecule has 1 aliphatic heterocycles. The van der Waals surface area contributed by atoms with Gasteiger partial charge in [-0.05, 0) is 46.6 Å². The highest BCUT2D eigenvalue weighted by Crippen LogP contribution is 2.39. The summed E-state index contributed by atoms with van der Waals surface area (Å²) < 4.78 is 30.6. The quantitative estimate of drug-likeness (QED) is 0.198. The number of esters is 4. The summed E-state index contributed by atoms with van der Waals surface area (Å²) in [5, 5.41) is 0.648. The lowest BCUT2D eigenvalue weighted by Gasteiger charge is -2.44. The fraction of sp³-hybridized carbons (Fsp3) is 0.393. The molecule has 1 fully saturated rings. The molecule has 11 nitrogen and oxygen atoms in total. The molecular weight excluding hydrogens is 622 g/mol. The zero-order valence-corrected chi connectivity index (χ0v) is 25.3. The van der Waals surface area contributed by atoms with Crippen LogP contribution in [0.25, 0.3) is 10.9 Å². The van der Waals surface area contributed by atoms with Crippen molar-refractivity contribution in [1.82, 2.24) is 4.57 Å². The molecule has 41 heavy (non-hydrogen) atoms. The number of ether oxygens (including phenoxy) is 5. The molecule has 0 bridgehead atoms. The SMILES string of the molecule is CC(=O)OC[C@H]1O[C@@H](n2cc(C(=O)c3ccc(Br)s3)c3c(C)cccc32)[C@H](OC(C)=O)[C@@H](OC(C)=O)[C@@H]1OC(C)=O. The van der Waals surface area contributed by atoms with Gasteiger partial charge in [-0.2, -0.15) is 0 Å². The normalized spacial score (nSPS) is 22.1. The molecular formula is C28H28BrNO10S. The summed E-state index contributed by atoms with van der Waals surface area (Å²) in [6.45, 7) is 6.20. The van der Waals surface area contributed by atoms with Crippen LogP contribution < -0.4 is 0 Å². The summed E-state index contributed by atoms with van der Waals surface area (Å²) in [6, 6.07) is 8.93. The third-order valence-corrected chi connectivity index (χ3v) is 7.97. The van der Waals surface area contributed by atoms with E-state index in [4.69, 9.17) is 23.7 Å². The van der Waals surface area contributed by atoms with Crippen LogP contribution in [-0.2, 0) is 42.9 Å². The van der Waals surface area contributed by atoms with Crippen molar-refractivity contribution in [3.63, 3.8) is 0 Å². The molecule has 0 N–H and O–H groups in total. The molecule has 4 rings (SSSR count). The van der Waals surface area contributed by atoms with Crippen LogP contribution in [-0.4, -0.2) is 65.3 Å².